The third-order valence-electron chi connectivity index (χ3n) is 2.58. The summed E-state index contributed by atoms with van der Waals surface area (Å²) in [6, 6.07) is 10.9. The summed E-state index contributed by atoms with van der Waals surface area (Å²) in [4.78, 5) is 18.9. The monoisotopic (exact) mass is 238 g/mol. The number of nitrogens with one attached hydrogen (secondary N) is 1. The highest BCUT2D eigenvalue weighted by Crippen LogP contribution is 2.08. The molecular weight excluding hydrogens is 228 g/mol. The molecule has 0 saturated heterocycles. The largest absolute Gasteiger partial charge is 0.465 e. The van der Waals surface area contributed by atoms with Crippen LogP contribution in [0, 0.1) is 0 Å². The maximum absolute atomic E-state index is 11.8. The van der Waals surface area contributed by atoms with Gasteiger partial charge in [0.25, 0.3) is 5.56 Å². The van der Waals surface area contributed by atoms with Gasteiger partial charge in [-0.25, -0.2) is 4.98 Å². The average Bonchev–Trinajstić information content (AvgIpc) is 2.90. The zero-order valence-corrected chi connectivity index (χ0v) is 9.46. The van der Waals surface area contributed by atoms with E-state index in [-0.39, 0.29) is 5.56 Å². The highest BCUT2D eigenvalue weighted by atomic mass is 16.3. The summed E-state index contributed by atoms with van der Waals surface area (Å²) in [5.41, 5.74) is 0.542. The first-order chi connectivity index (χ1) is 8.83. The molecule has 0 atom stereocenters. The van der Waals surface area contributed by atoms with Crippen molar-refractivity contribution in [3.05, 3.63) is 64.6 Å². The van der Waals surface area contributed by atoms with Crippen LogP contribution in [0.1, 0.15) is 11.6 Å². The minimum atomic E-state index is -0.139. The van der Waals surface area contributed by atoms with Crippen LogP contribution in [-0.2, 0) is 0 Å². The highest BCUT2D eigenvalue weighted by Gasteiger charge is 2.00. The van der Waals surface area contributed by atoms with Crippen molar-refractivity contribution in [2.75, 3.05) is 0 Å². The van der Waals surface area contributed by atoms with E-state index in [0.717, 1.165) is 0 Å². The summed E-state index contributed by atoms with van der Waals surface area (Å²) in [7, 11) is 0. The van der Waals surface area contributed by atoms with Crippen LogP contribution in [0.15, 0.2) is 51.9 Å². The summed E-state index contributed by atoms with van der Waals surface area (Å²) >= 11 is 0. The summed E-state index contributed by atoms with van der Waals surface area (Å²) in [5.74, 6) is 1.22. The van der Waals surface area contributed by atoms with Crippen LogP contribution >= 0.6 is 0 Å². The topological polar surface area (TPSA) is 58.9 Å². The summed E-state index contributed by atoms with van der Waals surface area (Å²) < 4.78 is 5.17. The zero-order valence-electron chi connectivity index (χ0n) is 9.46. The number of rotatable bonds is 2. The fourth-order valence-electron chi connectivity index (χ4n) is 1.73. The quantitative estimate of drug-likeness (QED) is 0.746. The molecule has 1 aromatic carbocycles. The van der Waals surface area contributed by atoms with E-state index in [1.807, 2.05) is 24.3 Å². The number of hydrogen-bond acceptors (Lipinski definition) is 3. The van der Waals surface area contributed by atoms with Gasteiger partial charge >= 0.3 is 0 Å². The van der Waals surface area contributed by atoms with E-state index in [1.165, 1.54) is 0 Å². The van der Waals surface area contributed by atoms with E-state index in [1.54, 1.807) is 30.5 Å². The van der Waals surface area contributed by atoms with Gasteiger partial charge < -0.3 is 9.40 Å². The first-order valence-electron chi connectivity index (χ1n) is 5.53. The maximum atomic E-state index is 11.8. The predicted octanol–water partition coefficient (Wildman–Crippen LogP) is 2.69. The normalized spacial score (nSPS) is 11.3. The van der Waals surface area contributed by atoms with Crippen molar-refractivity contribution in [3.63, 3.8) is 0 Å². The molecule has 3 aromatic rings. The van der Waals surface area contributed by atoms with E-state index >= 15 is 0 Å². The first kappa shape index (κ1) is 10.5. The van der Waals surface area contributed by atoms with E-state index in [9.17, 15) is 4.79 Å². The highest BCUT2D eigenvalue weighted by molar-refractivity contribution is 5.78. The van der Waals surface area contributed by atoms with Gasteiger partial charge in [0.1, 0.15) is 11.6 Å². The van der Waals surface area contributed by atoms with Crippen LogP contribution in [0.2, 0.25) is 0 Å². The van der Waals surface area contributed by atoms with Gasteiger partial charge in [0.2, 0.25) is 0 Å². The van der Waals surface area contributed by atoms with Gasteiger partial charge in [-0.2, -0.15) is 0 Å². The Morgan fingerprint density at radius 3 is 2.83 bits per heavy atom. The molecule has 4 nitrogen and oxygen atoms in total. The standard InChI is InChI=1S/C14H10N2O2/c17-14-11-5-1-2-6-12(11)15-13(16-14)8-7-10-4-3-9-18-10/h1-9H,(H,15,16,17)/b8-7-. The number of aromatic nitrogens is 2. The number of benzene rings is 1. The van der Waals surface area contributed by atoms with Gasteiger partial charge in [-0.3, -0.25) is 4.79 Å². The molecule has 0 unspecified atom stereocenters. The van der Waals surface area contributed by atoms with Crippen molar-refractivity contribution in [1.29, 1.82) is 0 Å². The molecule has 2 heterocycles. The molecule has 0 amide bonds. The van der Waals surface area contributed by atoms with Crippen molar-refractivity contribution in [2.45, 2.75) is 0 Å². The Morgan fingerprint density at radius 2 is 2.00 bits per heavy atom. The molecule has 4 heteroatoms. The first-order valence-corrected chi connectivity index (χ1v) is 5.53. The summed E-state index contributed by atoms with van der Waals surface area (Å²) in [6.07, 6.45) is 5.07. The molecule has 18 heavy (non-hydrogen) atoms. The van der Waals surface area contributed by atoms with Crippen molar-refractivity contribution >= 4 is 23.1 Å². The van der Waals surface area contributed by atoms with Gasteiger partial charge in [-0.05, 0) is 36.4 Å². The minimum absolute atomic E-state index is 0.139. The SMILES string of the molecule is O=c1[nH]c(/C=C\c2ccco2)nc2ccccc12. The summed E-state index contributed by atoms with van der Waals surface area (Å²) in [6.45, 7) is 0. The Bertz CT molecular complexity index is 755. The molecule has 3 rings (SSSR count). The molecule has 88 valence electrons. The smallest absolute Gasteiger partial charge is 0.259 e. The van der Waals surface area contributed by atoms with Gasteiger partial charge in [0.05, 0.1) is 17.2 Å². The number of H-pyrrole nitrogens is 1. The number of aromatic amines is 1. The number of hydrogen-bond donors (Lipinski definition) is 1. The molecule has 0 aliphatic carbocycles. The lowest BCUT2D eigenvalue weighted by molar-refractivity contribution is 0.557. The Kier molecular flexibility index (Phi) is 2.53. The third-order valence-corrected chi connectivity index (χ3v) is 2.58. The molecule has 0 radical (unpaired) electrons. The van der Waals surface area contributed by atoms with Crippen molar-refractivity contribution in [3.8, 4) is 0 Å². The van der Waals surface area contributed by atoms with Gasteiger partial charge in [0, 0.05) is 0 Å². The number of fused-ring (bicyclic) bond motifs is 1. The molecule has 0 aliphatic heterocycles. The molecule has 2 aromatic heterocycles. The Morgan fingerprint density at radius 1 is 1.11 bits per heavy atom. The van der Waals surface area contributed by atoms with Crippen LogP contribution in [0.5, 0.6) is 0 Å². The van der Waals surface area contributed by atoms with Crippen LogP contribution in [0.25, 0.3) is 23.1 Å². The van der Waals surface area contributed by atoms with E-state index in [0.29, 0.717) is 22.5 Å². The minimum Gasteiger partial charge on any atom is -0.465 e. The average molecular weight is 238 g/mol. The molecule has 0 bridgehead atoms. The Labute approximate surface area is 103 Å². The van der Waals surface area contributed by atoms with Gasteiger partial charge in [0.15, 0.2) is 0 Å². The molecule has 0 fully saturated rings. The third kappa shape index (κ3) is 1.96. The van der Waals surface area contributed by atoms with Crippen molar-refractivity contribution in [2.24, 2.45) is 0 Å². The van der Waals surface area contributed by atoms with Crippen LogP contribution in [0.3, 0.4) is 0 Å². The molecule has 0 aliphatic rings. The fraction of sp³-hybridized carbons (Fsp3) is 0. The van der Waals surface area contributed by atoms with Crippen LogP contribution in [-0.4, -0.2) is 9.97 Å². The van der Waals surface area contributed by atoms with E-state index < -0.39 is 0 Å². The summed E-state index contributed by atoms with van der Waals surface area (Å²) in [5, 5.41) is 0.590. The molecule has 0 saturated carbocycles. The Balaban J connectivity index is 2.06. The lowest BCUT2D eigenvalue weighted by atomic mass is 10.2. The van der Waals surface area contributed by atoms with Gasteiger partial charge in [-0.15, -0.1) is 0 Å². The van der Waals surface area contributed by atoms with Gasteiger partial charge in [-0.1, -0.05) is 12.1 Å². The van der Waals surface area contributed by atoms with Crippen molar-refractivity contribution < 1.29 is 4.42 Å². The fourth-order valence-corrected chi connectivity index (χ4v) is 1.73. The number of furan rings is 1. The predicted molar refractivity (Wildman–Crippen MR) is 70.0 cm³/mol. The Hall–Kier alpha value is -2.62. The second kappa shape index (κ2) is 4.33. The zero-order chi connectivity index (χ0) is 12.4. The van der Waals surface area contributed by atoms with E-state index in [2.05, 4.69) is 9.97 Å². The van der Waals surface area contributed by atoms with Crippen LogP contribution in [0.4, 0.5) is 0 Å². The second-order valence-corrected chi connectivity index (χ2v) is 3.82. The number of para-hydroxylation sites is 1. The van der Waals surface area contributed by atoms with Crippen LogP contribution < -0.4 is 5.56 Å². The maximum Gasteiger partial charge on any atom is 0.259 e. The van der Waals surface area contributed by atoms with E-state index in [4.69, 9.17) is 4.42 Å². The van der Waals surface area contributed by atoms with Crippen molar-refractivity contribution in [1.82, 2.24) is 9.97 Å². The lowest BCUT2D eigenvalue weighted by Crippen LogP contribution is -2.09. The number of nitrogens with zero attached hydrogens (tertiary/aromatic N) is 1. The lowest BCUT2D eigenvalue weighted by Gasteiger charge is -1.97. The molecular formula is C14H10N2O2. The molecule has 0 spiro atoms. The molecule has 1 N–H and O–H groups in total. The second-order valence-electron chi connectivity index (χ2n) is 3.82.